The van der Waals surface area contributed by atoms with Crippen molar-refractivity contribution in [3.8, 4) is 0 Å². The zero-order valence-corrected chi connectivity index (χ0v) is 14.9. The number of rotatable bonds is 2. The second-order valence-electron chi connectivity index (χ2n) is 7.26. The summed E-state index contributed by atoms with van der Waals surface area (Å²) >= 11 is 0. The van der Waals surface area contributed by atoms with Crippen molar-refractivity contribution in [3.63, 3.8) is 0 Å². The molecule has 26 heavy (non-hydrogen) atoms. The first kappa shape index (κ1) is 16.6. The van der Waals surface area contributed by atoms with E-state index in [0.29, 0.717) is 31.8 Å². The Kier molecular flexibility index (Phi) is 3.94. The number of hydrogen-bond donors (Lipinski definition) is 2. The van der Waals surface area contributed by atoms with Crippen LogP contribution in [-0.2, 0) is 0 Å². The fraction of sp³-hybridized carbons (Fsp3) is 0.421. The number of likely N-dealkylation sites (tertiary alicyclic amines) is 1. The van der Waals surface area contributed by atoms with E-state index in [1.165, 1.54) is 4.90 Å². The summed E-state index contributed by atoms with van der Waals surface area (Å²) in [6.45, 7) is 5.21. The molecule has 4 rings (SSSR count). The molecule has 1 aliphatic rings. The molecule has 0 atom stereocenters. The van der Waals surface area contributed by atoms with Crippen LogP contribution in [0.5, 0.6) is 0 Å². The van der Waals surface area contributed by atoms with Gasteiger partial charge in [0.1, 0.15) is 5.65 Å². The molecule has 3 heterocycles. The number of amides is 1. The average Bonchev–Trinajstić information content (AvgIpc) is 2.99. The van der Waals surface area contributed by atoms with Crippen molar-refractivity contribution in [1.82, 2.24) is 19.5 Å². The van der Waals surface area contributed by atoms with Crippen molar-refractivity contribution < 1.29 is 9.90 Å². The average molecular weight is 354 g/mol. The molecule has 7 nitrogen and oxygen atoms in total. The molecule has 0 unspecified atom stereocenters. The Morgan fingerprint density at radius 1 is 1.31 bits per heavy atom. The molecule has 136 valence electrons. The molecule has 2 N–H and O–H groups in total. The highest BCUT2D eigenvalue weighted by molar-refractivity contribution is 5.95. The number of H-pyrrole nitrogens is 1. The van der Waals surface area contributed by atoms with E-state index in [-0.39, 0.29) is 11.5 Å². The molecule has 0 spiro atoms. The van der Waals surface area contributed by atoms with Gasteiger partial charge in [-0.3, -0.25) is 4.79 Å². The van der Waals surface area contributed by atoms with Crippen LogP contribution in [-0.4, -0.2) is 43.8 Å². The number of carboxylic acid groups (broad SMARTS) is 1. The minimum absolute atomic E-state index is 0.118. The predicted octanol–water partition coefficient (Wildman–Crippen LogP) is 3.16. The fourth-order valence-electron chi connectivity index (χ4n) is 3.95. The summed E-state index contributed by atoms with van der Waals surface area (Å²) in [7, 11) is 0. The van der Waals surface area contributed by atoms with E-state index in [1.807, 2.05) is 16.6 Å². The molecule has 2 aromatic heterocycles. The van der Waals surface area contributed by atoms with Crippen LogP contribution in [0.25, 0.3) is 16.6 Å². The third kappa shape index (κ3) is 2.64. The molecule has 0 bridgehead atoms. The first-order chi connectivity index (χ1) is 12.5. The number of hydrogen-bond acceptors (Lipinski definition) is 3. The number of benzene rings is 1. The quantitative estimate of drug-likeness (QED) is 0.739. The molecule has 0 aliphatic carbocycles. The van der Waals surface area contributed by atoms with Crippen LogP contribution >= 0.6 is 0 Å². The number of carbonyl (C=O) groups is 1. The summed E-state index contributed by atoms with van der Waals surface area (Å²) in [6.07, 6.45) is 0.502. The van der Waals surface area contributed by atoms with Crippen LogP contribution in [0.15, 0.2) is 29.1 Å². The maximum absolute atomic E-state index is 12.3. The van der Waals surface area contributed by atoms with E-state index in [2.05, 4.69) is 24.9 Å². The second kappa shape index (κ2) is 6.16. The maximum Gasteiger partial charge on any atom is 0.407 e. The van der Waals surface area contributed by atoms with Crippen molar-refractivity contribution in [2.45, 2.75) is 38.5 Å². The molecular weight excluding hydrogens is 332 g/mol. The Hall–Kier alpha value is -2.83. The van der Waals surface area contributed by atoms with Gasteiger partial charge in [0.05, 0.1) is 11.2 Å². The lowest BCUT2D eigenvalue weighted by molar-refractivity contribution is 0.131. The number of nitrogens with one attached hydrogen (secondary N) is 1. The Labute approximate surface area is 150 Å². The monoisotopic (exact) mass is 354 g/mol. The summed E-state index contributed by atoms with van der Waals surface area (Å²) in [4.78, 5) is 27.9. The Bertz CT molecular complexity index is 1040. The lowest BCUT2D eigenvalue weighted by Gasteiger charge is -2.30. The number of aromatic amines is 1. The molecule has 1 fully saturated rings. The molecule has 1 saturated heterocycles. The number of nitrogens with zero attached hydrogens (tertiary/aromatic N) is 3. The number of aromatic nitrogens is 3. The van der Waals surface area contributed by atoms with Crippen molar-refractivity contribution in [1.29, 1.82) is 0 Å². The highest BCUT2D eigenvalue weighted by Crippen LogP contribution is 2.31. The van der Waals surface area contributed by atoms with Gasteiger partial charge in [-0.25, -0.2) is 9.31 Å². The molecule has 7 heteroatoms. The van der Waals surface area contributed by atoms with Gasteiger partial charge in [0, 0.05) is 30.5 Å². The van der Waals surface area contributed by atoms with Crippen LogP contribution in [0.1, 0.15) is 49.8 Å². The third-order valence-electron chi connectivity index (χ3n) is 5.30. The molecule has 0 saturated carbocycles. The second-order valence-corrected chi connectivity index (χ2v) is 7.26. The number of piperidine rings is 1. The van der Waals surface area contributed by atoms with Gasteiger partial charge < -0.3 is 15.0 Å². The van der Waals surface area contributed by atoms with E-state index in [1.54, 1.807) is 6.07 Å². The predicted molar refractivity (Wildman–Crippen MR) is 99.0 cm³/mol. The minimum atomic E-state index is -0.883. The lowest BCUT2D eigenvalue weighted by Crippen LogP contribution is -2.37. The van der Waals surface area contributed by atoms with E-state index < -0.39 is 6.09 Å². The van der Waals surface area contributed by atoms with Crippen LogP contribution in [0.3, 0.4) is 0 Å². The van der Waals surface area contributed by atoms with Crippen LogP contribution in [0.4, 0.5) is 4.79 Å². The Morgan fingerprint density at radius 2 is 2.04 bits per heavy atom. The zero-order chi connectivity index (χ0) is 18.4. The SMILES string of the molecule is CC(C)c1cccc2nn3c(C4CCN(C(=O)O)CC4)cc(=O)[nH]c3c12. The van der Waals surface area contributed by atoms with E-state index >= 15 is 0 Å². The van der Waals surface area contributed by atoms with Gasteiger partial charge in [0.15, 0.2) is 0 Å². The van der Waals surface area contributed by atoms with Gasteiger partial charge >= 0.3 is 6.09 Å². The van der Waals surface area contributed by atoms with Crippen LogP contribution in [0, 0.1) is 0 Å². The Balaban J connectivity index is 1.86. The number of fused-ring (bicyclic) bond motifs is 3. The van der Waals surface area contributed by atoms with Crippen molar-refractivity contribution in [3.05, 3.63) is 45.9 Å². The first-order valence-electron chi connectivity index (χ1n) is 8.98. The summed E-state index contributed by atoms with van der Waals surface area (Å²) in [5.41, 5.74) is 3.47. The summed E-state index contributed by atoms with van der Waals surface area (Å²) in [6, 6.07) is 7.64. The molecule has 0 radical (unpaired) electrons. The molecule has 1 aromatic carbocycles. The van der Waals surface area contributed by atoms with Gasteiger partial charge in [-0.05, 0) is 30.4 Å². The molecular formula is C19H22N4O3. The normalized spacial score (nSPS) is 16.0. The van der Waals surface area contributed by atoms with Crippen LogP contribution in [0.2, 0.25) is 0 Å². The summed E-state index contributed by atoms with van der Waals surface area (Å²) in [5.74, 6) is 0.435. The largest absolute Gasteiger partial charge is 0.465 e. The van der Waals surface area contributed by atoms with E-state index in [0.717, 1.165) is 27.8 Å². The third-order valence-corrected chi connectivity index (χ3v) is 5.30. The lowest BCUT2D eigenvalue weighted by atomic mass is 9.93. The van der Waals surface area contributed by atoms with Crippen molar-refractivity contribution >= 4 is 22.6 Å². The van der Waals surface area contributed by atoms with Gasteiger partial charge in [-0.2, -0.15) is 5.10 Å². The Morgan fingerprint density at radius 3 is 2.69 bits per heavy atom. The highest BCUT2D eigenvalue weighted by atomic mass is 16.4. The topological polar surface area (TPSA) is 90.7 Å². The summed E-state index contributed by atoms with van der Waals surface area (Å²) < 4.78 is 1.85. The maximum atomic E-state index is 12.3. The van der Waals surface area contributed by atoms with Gasteiger partial charge in [-0.15, -0.1) is 0 Å². The zero-order valence-electron chi connectivity index (χ0n) is 14.9. The minimum Gasteiger partial charge on any atom is -0.465 e. The van der Waals surface area contributed by atoms with Gasteiger partial charge in [0.25, 0.3) is 5.56 Å². The molecule has 1 aliphatic heterocycles. The summed E-state index contributed by atoms with van der Waals surface area (Å²) in [5, 5.41) is 14.9. The van der Waals surface area contributed by atoms with E-state index in [4.69, 9.17) is 10.2 Å². The van der Waals surface area contributed by atoms with Crippen molar-refractivity contribution in [2.75, 3.05) is 13.1 Å². The first-order valence-corrected chi connectivity index (χ1v) is 8.98. The van der Waals surface area contributed by atoms with Crippen molar-refractivity contribution in [2.24, 2.45) is 0 Å². The van der Waals surface area contributed by atoms with Gasteiger partial charge in [0.2, 0.25) is 0 Å². The smallest absolute Gasteiger partial charge is 0.407 e. The fourth-order valence-corrected chi connectivity index (χ4v) is 3.95. The van der Waals surface area contributed by atoms with E-state index in [9.17, 15) is 9.59 Å². The van der Waals surface area contributed by atoms with Crippen LogP contribution < -0.4 is 5.56 Å². The molecule has 1 amide bonds. The highest BCUT2D eigenvalue weighted by Gasteiger charge is 2.26. The van der Waals surface area contributed by atoms with Gasteiger partial charge in [-0.1, -0.05) is 26.0 Å². The molecule has 3 aromatic rings. The standard InChI is InChI=1S/C19H22N4O3/c1-11(2)13-4-3-5-14-17(13)18-20-16(24)10-15(23(18)21-14)12-6-8-22(9-7-12)19(25)26/h3-5,10-12H,6-9H2,1-2H3,(H,20,24)(H,25,26).